The number of piperazine rings is 1. The number of carbonyl (C=O) groups excluding carboxylic acids is 1. The second-order valence-electron chi connectivity index (χ2n) is 7.65. The number of carbonyl (C=O) groups is 1. The average Bonchev–Trinajstić information content (AvgIpc) is 2.77. The lowest BCUT2D eigenvalue weighted by Crippen LogP contribution is -2.55. The van der Waals surface area contributed by atoms with E-state index in [4.69, 9.17) is 16.3 Å². The molecule has 0 saturated carbocycles. The standard InChI is InChI=1S/C23H23ClFN5O2/c1-15-11-18(25)5-8-20(15)32-22-12-21(26-14-27-22)29-9-10-30(16(2)13-29)23(31)28-19-6-3-17(24)4-7-19/h3-8,11-12,14,16H,9-10,13H2,1-2H3,(H,28,31)/t16-/m1/s1. The molecule has 0 unspecified atom stereocenters. The molecule has 0 radical (unpaired) electrons. The summed E-state index contributed by atoms with van der Waals surface area (Å²) in [5.74, 6) is 1.30. The van der Waals surface area contributed by atoms with Crippen LogP contribution in [0.4, 0.5) is 20.7 Å². The van der Waals surface area contributed by atoms with Gasteiger partial charge in [-0.1, -0.05) is 11.6 Å². The molecule has 0 aliphatic carbocycles. The van der Waals surface area contributed by atoms with E-state index >= 15 is 0 Å². The van der Waals surface area contributed by atoms with Crippen molar-refractivity contribution in [1.82, 2.24) is 14.9 Å². The molecule has 4 rings (SSSR count). The minimum atomic E-state index is -0.315. The smallest absolute Gasteiger partial charge is 0.322 e. The summed E-state index contributed by atoms with van der Waals surface area (Å²) in [5.41, 5.74) is 1.38. The number of anilines is 2. The predicted octanol–water partition coefficient (Wildman–Crippen LogP) is 5.11. The molecule has 9 heteroatoms. The van der Waals surface area contributed by atoms with Crippen molar-refractivity contribution in [3.8, 4) is 11.6 Å². The lowest BCUT2D eigenvalue weighted by Gasteiger charge is -2.40. The minimum Gasteiger partial charge on any atom is -0.439 e. The van der Waals surface area contributed by atoms with Gasteiger partial charge in [0.2, 0.25) is 5.88 Å². The summed E-state index contributed by atoms with van der Waals surface area (Å²) >= 11 is 5.90. The molecule has 1 saturated heterocycles. The molecule has 1 atom stereocenters. The molecule has 2 heterocycles. The van der Waals surface area contributed by atoms with Gasteiger partial charge in [0, 0.05) is 42.5 Å². The van der Waals surface area contributed by atoms with E-state index < -0.39 is 0 Å². The van der Waals surface area contributed by atoms with Crippen molar-refractivity contribution in [2.45, 2.75) is 19.9 Å². The van der Waals surface area contributed by atoms with E-state index in [0.29, 0.717) is 53.4 Å². The zero-order valence-corrected chi connectivity index (χ0v) is 18.5. The van der Waals surface area contributed by atoms with Gasteiger partial charge in [0.05, 0.1) is 0 Å². The number of urea groups is 1. The minimum absolute atomic E-state index is 0.0327. The Kier molecular flexibility index (Phi) is 6.41. The molecule has 1 N–H and O–H groups in total. The summed E-state index contributed by atoms with van der Waals surface area (Å²) in [7, 11) is 0. The Morgan fingerprint density at radius 2 is 1.94 bits per heavy atom. The third kappa shape index (κ3) is 5.08. The van der Waals surface area contributed by atoms with Crippen molar-refractivity contribution in [1.29, 1.82) is 0 Å². The van der Waals surface area contributed by atoms with E-state index in [2.05, 4.69) is 20.2 Å². The Labute approximate surface area is 190 Å². The quantitative estimate of drug-likeness (QED) is 0.591. The number of benzene rings is 2. The third-order valence-electron chi connectivity index (χ3n) is 5.29. The Bertz CT molecular complexity index is 1110. The fraction of sp³-hybridized carbons (Fsp3) is 0.261. The number of amides is 2. The molecule has 32 heavy (non-hydrogen) atoms. The first-order valence-electron chi connectivity index (χ1n) is 10.2. The van der Waals surface area contributed by atoms with Crippen molar-refractivity contribution < 1.29 is 13.9 Å². The largest absolute Gasteiger partial charge is 0.439 e. The van der Waals surface area contributed by atoms with Crippen LogP contribution in [0.2, 0.25) is 5.02 Å². The topological polar surface area (TPSA) is 70.6 Å². The molecule has 2 aromatic carbocycles. The number of aromatic nitrogens is 2. The maximum absolute atomic E-state index is 13.3. The highest BCUT2D eigenvalue weighted by molar-refractivity contribution is 6.30. The zero-order chi connectivity index (χ0) is 22.7. The third-order valence-corrected chi connectivity index (χ3v) is 5.54. The Hall–Kier alpha value is -3.39. The zero-order valence-electron chi connectivity index (χ0n) is 17.8. The average molecular weight is 456 g/mol. The maximum atomic E-state index is 13.3. The molecule has 166 valence electrons. The van der Waals surface area contributed by atoms with Crippen LogP contribution in [0.1, 0.15) is 12.5 Å². The lowest BCUT2D eigenvalue weighted by atomic mass is 10.2. The van der Waals surface area contributed by atoms with E-state index in [1.807, 2.05) is 6.92 Å². The SMILES string of the molecule is Cc1cc(F)ccc1Oc1cc(N2CCN(C(=O)Nc3ccc(Cl)cc3)[C@H](C)C2)ncn1. The van der Waals surface area contributed by atoms with E-state index in [-0.39, 0.29) is 17.9 Å². The van der Waals surface area contributed by atoms with Crippen molar-refractivity contribution >= 4 is 29.1 Å². The van der Waals surface area contributed by atoms with Crippen LogP contribution in [0.5, 0.6) is 11.6 Å². The fourth-order valence-electron chi connectivity index (χ4n) is 3.59. The van der Waals surface area contributed by atoms with Crippen LogP contribution in [0, 0.1) is 12.7 Å². The van der Waals surface area contributed by atoms with Gasteiger partial charge >= 0.3 is 6.03 Å². The van der Waals surface area contributed by atoms with E-state index in [0.717, 1.165) is 0 Å². The second kappa shape index (κ2) is 9.40. The molecular weight excluding hydrogens is 433 g/mol. The van der Waals surface area contributed by atoms with Crippen molar-refractivity contribution in [2.24, 2.45) is 0 Å². The van der Waals surface area contributed by atoms with Gasteiger partial charge in [0.1, 0.15) is 23.7 Å². The van der Waals surface area contributed by atoms with Gasteiger partial charge in [0.15, 0.2) is 0 Å². The number of hydrogen-bond donors (Lipinski definition) is 1. The van der Waals surface area contributed by atoms with Crippen LogP contribution in [-0.4, -0.2) is 46.6 Å². The first kappa shape index (κ1) is 21.8. The molecule has 2 amide bonds. The predicted molar refractivity (Wildman–Crippen MR) is 122 cm³/mol. The summed E-state index contributed by atoms with van der Waals surface area (Å²) in [5, 5.41) is 3.53. The molecule has 1 aliphatic rings. The van der Waals surface area contributed by atoms with Gasteiger partial charge in [-0.05, 0) is 61.9 Å². The van der Waals surface area contributed by atoms with Crippen molar-refractivity contribution in [2.75, 3.05) is 29.9 Å². The summed E-state index contributed by atoms with van der Waals surface area (Å²) in [6.45, 7) is 5.53. The van der Waals surface area contributed by atoms with Gasteiger partial charge < -0.3 is 19.9 Å². The highest BCUT2D eigenvalue weighted by atomic mass is 35.5. The second-order valence-corrected chi connectivity index (χ2v) is 8.09. The van der Waals surface area contributed by atoms with Crippen LogP contribution in [0.15, 0.2) is 54.9 Å². The number of halogens is 2. The summed E-state index contributed by atoms with van der Waals surface area (Å²) in [6.07, 6.45) is 1.44. The van der Waals surface area contributed by atoms with E-state index in [9.17, 15) is 9.18 Å². The molecule has 0 spiro atoms. The van der Waals surface area contributed by atoms with Gasteiger partial charge in [-0.25, -0.2) is 19.2 Å². The Balaban J connectivity index is 1.40. The van der Waals surface area contributed by atoms with E-state index in [1.165, 1.54) is 18.5 Å². The van der Waals surface area contributed by atoms with Crippen LogP contribution >= 0.6 is 11.6 Å². The number of hydrogen-bond acceptors (Lipinski definition) is 5. The molecule has 3 aromatic rings. The number of nitrogens with zero attached hydrogens (tertiary/aromatic N) is 4. The highest BCUT2D eigenvalue weighted by Crippen LogP contribution is 2.27. The van der Waals surface area contributed by atoms with Gasteiger partial charge in [-0.15, -0.1) is 0 Å². The lowest BCUT2D eigenvalue weighted by molar-refractivity contribution is 0.184. The molecule has 1 aliphatic heterocycles. The van der Waals surface area contributed by atoms with Crippen molar-refractivity contribution in [3.63, 3.8) is 0 Å². The van der Waals surface area contributed by atoms with Gasteiger partial charge in [-0.3, -0.25) is 0 Å². The summed E-state index contributed by atoms with van der Waals surface area (Å²) in [6, 6.07) is 12.9. The Morgan fingerprint density at radius 1 is 1.16 bits per heavy atom. The molecule has 1 fully saturated rings. The fourth-order valence-corrected chi connectivity index (χ4v) is 3.72. The number of rotatable bonds is 4. The first-order valence-corrected chi connectivity index (χ1v) is 10.6. The number of aryl methyl sites for hydroxylation is 1. The monoisotopic (exact) mass is 455 g/mol. The highest BCUT2D eigenvalue weighted by Gasteiger charge is 2.28. The normalized spacial score (nSPS) is 16.1. The van der Waals surface area contributed by atoms with Gasteiger partial charge in [-0.2, -0.15) is 0 Å². The van der Waals surface area contributed by atoms with Crippen molar-refractivity contribution in [3.05, 3.63) is 71.3 Å². The van der Waals surface area contributed by atoms with Gasteiger partial charge in [0.25, 0.3) is 0 Å². The maximum Gasteiger partial charge on any atom is 0.322 e. The van der Waals surface area contributed by atoms with Crippen LogP contribution in [-0.2, 0) is 0 Å². The molecule has 7 nitrogen and oxygen atoms in total. The number of ether oxygens (including phenoxy) is 1. The number of nitrogens with one attached hydrogen (secondary N) is 1. The van der Waals surface area contributed by atoms with Crippen LogP contribution in [0.3, 0.4) is 0 Å². The first-order chi connectivity index (χ1) is 15.4. The molecule has 0 bridgehead atoms. The summed E-state index contributed by atoms with van der Waals surface area (Å²) < 4.78 is 19.2. The van der Waals surface area contributed by atoms with Crippen LogP contribution < -0.4 is 15.0 Å². The summed E-state index contributed by atoms with van der Waals surface area (Å²) in [4.78, 5) is 25.1. The Morgan fingerprint density at radius 3 is 2.66 bits per heavy atom. The molecular formula is C23H23ClFN5O2. The molecule has 1 aromatic heterocycles. The van der Waals surface area contributed by atoms with E-state index in [1.54, 1.807) is 48.2 Å². The van der Waals surface area contributed by atoms with Crippen LogP contribution in [0.25, 0.3) is 0 Å².